The largest absolute Gasteiger partial charge is 1.00 e. The van der Waals surface area contributed by atoms with Gasteiger partial charge in [-0.1, -0.05) is 69.2 Å². The molecule has 0 fully saturated rings. The molecule has 0 amide bonds. The summed E-state index contributed by atoms with van der Waals surface area (Å²) in [5, 5.41) is 10.6. The van der Waals surface area contributed by atoms with Gasteiger partial charge in [0.1, 0.15) is 12.0 Å². The Kier molecular flexibility index (Phi) is 10.7. The van der Waals surface area contributed by atoms with Gasteiger partial charge in [0.15, 0.2) is 0 Å². The van der Waals surface area contributed by atoms with Gasteiger partial charge in [-0.05, 0) is 60.1 Å². The Hall–Kier alpha value is -2.08. The molecule has 0 aliphatic rings. The predicted molar refractivity (Wildman–Crippen MR) is 121 cm³/mol. The third-order valence-electron chi connectivity index (χ3n) is 5.57. The molecule has 33 heavy (non-hydrogen) atoms. The van der Waals surface area contributed by atoms with E-state index in [2.05, 4.69) is 19.9 Å². The average Bonchev–Trinajstić information content (AvgIpc) is 2.79. The van der Waals surface area contributed by atoms with Crippen molar-refractivity contribution in [1.82, 2.24) is 4.98 Å². The zero-order valence-corrected chi connectivity index (χ0v) is 21.5. The molecule has 1 aromatic heterocycles. The number of hydrogen-bond donors (Lipinski definition) is 0. The number of carboxylic acid groups (broad SMARTS) is 1. The SMILES string of the molecule is CC(C)c1nc(-c2ccccc2)cc(-c2ccc(F)cc2)c1CCCCC[C@@H](F)C(=O)[O-].[Na+]. The quantitative estimate of drug-likeness (QED) is 0.346. The van der Waals surface area contributed by atoms with Crippen molar-refractivity contribution in [1.29, 1.82) is 0 Å². The minimum atomic E-state index is -1.91. The number of alkyl halides is 1. The normalized spacial score (nSPS) is 11.8. The van der Waals surface area contributed by atoms with Gasteiger partial charge in [0, 0.05) is 11.3 Å². The number of carboxylic acids is 1. The Morgan fingerprint density at radius 1 is 0.970 bits per heavy atom. The molecule has 1 heterocycles. The summed E-state index contributed by atoms with van der Waals surface area (Å²) >= 11 is 0. The minimum Gasteiger partial charge on any atom is -0.547 e. The van der Waals surface area contributed by atoms with Crippen LogP contribution in [-0.4, -0.2) is 17.1 Å². The first-order chi connectivity index (χ1) is 15.4. The van der Waals surface area contributed by atoms with Gasteiger partial charge in [0.25, 0.3) is 0 Å². The summed E-state index contributed by atoms with van der Waals surface area (Å²) in [5.74, 6) is -1.75. The Balaban J connectivity index is 0.00000385. The summed E-state index contributed by atoms with van der Waals surface area (Å²) in [6.07, 6.45) is 0.741. The second-order valence-electron chi connectivity index (χ2n) is 8.33. The molecular formula is C27H28F2NNaO2. The summed E-state index contributed by atoms with van der Waals surface area (Å²) in [7, 11) is 0. The number of carbonyl (C=O) groups excluding carboxylic acids is 1. The van der Waals surface area contributed by atoms with Crippen LogP contribution in [0.1, 0.15) is 56.7 Å². The number of rotatable bonds is 10. The fraction of sp³-hybridized carbons (Fsp3) is 0.333. The van der Waals surface area contributed by atoms with Crippen LogP contribution in [0.5, 0.6) is 0 Å². The van der Waals surface area contributed by atoms with E-state index in [1.54, 1.807) is 12.1 Å². The third kappa shape index (κ3) is 7.46. The number of pyridine rings is 1. The monoisotopic (exact) mass is 459 g/mol. The van der Waals surface area contributed by atoms with Crippen molar-refractivity contribution >= 4 is 5.97 Å². The molecule has 6 heteroatoms. The number of benzene rings is 2. The smallest absolute Gasteiger partial charge is 0.547 e. The van der Waals surface area contributed by atoms with Crippen molar-refractivity contribution in [2.75, 3.05) is 0 Å². The Morgan fingerprint density at radius 3 is 2.24 bits per heavy atom. The Labute approximate surface area is 216 Å². The summed E-state index contributed by atoms with van der Waals surface area (Å²) < 4.78 is 26.8. The van der Waals surface area contributed by atoms with E-state index in [1.165, 1.54) is 12.1 Å². The molecule has 0 bridgehead atoms. The van der Waals surface area contributed by atoms with Crippen LogP contribution in [0, 0.1) is 5.82 Å². The topological polar surface area (TPSA) is 53.0 Å². The summed E-state index contributed by atoms with van der Waals surface area (Å²) in [6.45, 7) is 4.20. The number of aromatic nitrogens is 1. The van der Waals surface area contributed by atoms with Crippen molar-refractivity contribution in [3.63, 3.8) is 0 Å². The average molecular weight is 460 g/mol. The second-order valence-corrected chi connectivity index (χ2v) is 8.33. The molecular weight excluding hydrogens is 431 g/mol. The van der Waals surface area contributed by atoms with Crippen LogP contribution in [0.2, 0.25) is 0 Å². The van der Waals surface area contributed by atoms with Crippen LogP contribution in [0.15, 0.2) is 60.7 Å². The summed E-state index contributed by atoms with van der Waals surface area (Å²) in [5.41, 5.74) is 5.91. The van der Waals surface area contributed by atoms with E-state index in [1.807, 2.05) is 30.3 Å². The van der Waals surface area contributed by atoms with Gasteiger partial charge >= 0.3 is 29.6 Å². The number of nitrogens with zero attached hydrogens (tertiary/aromatic N) is 1. The molecule has 0 spiro atoms. The molecule has 3 aromatic rings. The van der Waals surface area contributed by atoms with E-state index < -0.39 is 12.1 Å². The van der Waals surface area contributed by atoms with Crippen LogP contribution in [0.4, 0.5) is 8.78 Å². The van der Waals surface area contributed by atoms with Crippen molar-refractivity contribution < 1.29 is 48.2 Å². The second kappa shape index (κ2) is 13.0. The summed E-state index contributed by atoms with van der Waals surface area (Å²) in [6, 6.07) is 18.5. The molecule has 0 saturated heterocycles. The van der Waals surface area contributed by atoms with Crippen LogP contribution in [-0.2, 0) is 11.2 Å². The molecule has 0 unspecified atom stereocenters. The first-order valence-corrected chi connectivity index (χ1v) is 11.1. The van der Waals surface area contributed by atoms with Crippen LogP contribution < -0.4 is 34.7 Å². The standard InChI is InChI=1S/C27H29F2NO2.Na/c1-18(2)26-22(11-7-4-8-12-24(29)27(31)32)23(19-13-15-21(28)16-14-19)17-25(30-26)20-9-5-3-6-10-20;/h3,5-6,9-10,13-18,24H,4,7-8,11-12H2,1-2H3,(H,31,32);/q;+1/p-1/t24-;/m1./s1. The number of aliphatic carboxylic acids is 1. The van der Waals surface area contributed by atoms with Crippen molar-refractivity contribution in [3.05, 3.63) is 77.7 Å². The third-order valence-corrected chi connectivity index (χ3v) is 5.57. The van der Waals surface area contributed by atoms with Gasteiger partial charge < -0.3 is 9.90 Å². The van der Waals surface area contributed by atoms with E-state index in [0.717, 1.165) is 46.5 Å². The van der Waals surface area contributed by atoms with Gasteiger partial charge in [-0.15, -0.1) is 0 Å². The van der Waals surface area contributed by atoms with Gasteiger partial charge in [0.2, 0.25) is 0 Å². The maximum atomic E-state index is 13.6. The van der Waals surface area contributed by atoms with Crippen LogP contribution in [0.25, 0.3) is 22.4 Å². The van der Waals surface area contributed by atoms with E-state index in [9.17, 15) is 18.7 Å². The molecule has 0 radical (unpaired) electrons. The van der Waals surface area contributed by atoms with Gasteiger partial charge in [-0.2, -0.15) is 0 Å². The predicted octanol–water partition coefficient (Wildman–Crippen LogP) is 2.87. The number of unbranched alkanes of at least 4 members (excludes halogenated alkanes) is 2. The fourth-order valence-electron chi connectivity index (χ4n) is 3.90. The van der Waals surface area contributed by atoms with Gasteiger partial charge in [-0.25, -0.2) is 8.78 Å². The van der Waals surface area contributed by atoms with E-state index >= 15 is 0 Å². The van der Waals surface area contributed by atoms with E-state index in [0.29, 0.717) is 12.8 Å². The van der Waals surface area contributed by atoms with E-state index in [4.69, 9.17) is 4.98 Å². The Morgan fingerprint density at radius 2 is 1.64 bits per heavy atom. The first kappa shape index (κ1) is 27.2. The number of carbonyl (C=O) groups is 1. The number of hydrogen-bond acceptors (Lipinski definition) is 3. The summed E-state index contributed by atoms with van der Waals surface area (Å²) in [4.78, 5) is 15.5. The van der Waals surface area contributed by atoms with Gasteiger partial charge in [0.05, 0.1) is 11.7 Å². The molecule has 3 nitrogen and oxygen atoms in total. The molecule has 3 rings (SSSR count). The molecule has 1 atom stereocenters. The van der Waals surface area contributed by atoms with Crippen LogP contribution >= 0.6 is 0 Å². The van der Waals surface area contributed by atoms with Crippen LogP contribution in [0.3, 0.4) is 0 Å². The minimum absolute atomic E-state index is 0. The first-order valence-electron chi connectivity index (χ1n) is 11.1. The molecule has 0 aliphatic carbocycles. The number of halogens is 2. The molecule has 0 aliphatic heterocycles. The fourth-order valence-corrected chi connectivity index (χ4v) is 3.90. The Bertz CT molecular complexity index is 1040. The molecule has 2 aromatic carbocycles. The molecule has 168 valence electrons. The van der Waals surface area contributed by atoms with Crippen molar-refractivity contribution in [2.45, 2.75) is 58.0 Å². The molecule has 0 saturated carbocycles. The van der Waals surface area contributed by atoms with Crippen molar-refractivity contribution in [2.24, 2.45) is 0 Å². The van der Waals surface area contributed by atoms with E-state index in [-0.39, 0.29) is 47.7 Å². The maximum Gasteiger partial charge on any atom is 1.00 e. The molecule has 0 N–H and O–H groups in total. The zero-order chi connectivity index (χ0) is 23.1. The van der Waals surface area contributed by atoms with Gasteiger partial charge in [-0.3, -0.25) is 4.98 Å². The van der Waals surface area contributed by atoms with Crippen molar-refractivity contribution in [3.8, 4) is 22.4 Å². The maximum absolute atomic E-state index is 13.6. The zero-order valence-electron chi connectivity index (χ0n) is 19.5.